The van der Waals surface area contributed by atoms with E-state index in [1.54, 1.807) is 0 Å². The Morgan fingerprint density at radius 2 is 0.506 bits per heavy atom. The van der Waals surface area contributed by atoms with E-state index in [2.05, 4.69) is 118 Å². The fourth-order valence-electron chi connectivity index (χ4n) is 9.86. The van der Waals surface area contributed by atoms with Crippen molar-refractivity contribution < 1.29 is 28.6 Å². The summed E-state index contributed by atoms with van der Waals surface area (Å²) in [4.78, 5) is 38.4. The Kier molecular flexibility index (Phi) is 65.7. The normalized spacial score (nSPS) is 12.7. The summed E-state index contributed by atoms with van der Waals surface area (Å²) in [6, 6.07) is 0. The summed E-state index contributed by atoms with van der Waals surface area (Å²) in [6.07, 6.45) is 92.9. The molecule has 0 aromatic carbocycles. The smallest absolute Gasteiger partial charge is 0.306 e. The lowest BCUT2D eigenvalue weighted by atomic mass is 10.0. The van der Waals surface area contributed by atoms with E-state index in [0.717, 1.165) is 128 Å². The minimum atomic E-state index is -0.789. The van der Waals surface area contributed by atoms with E-state index in [-0.39, 0.29) is 31.1 Å². The van der Waals surface area contributed by atoms with Gasteiger partial charge in [0.25, 0.3) is 0 Å². The summed E-state index contributed by atoms with van der Waals surface area (Å²) in [5.74, 6) is -0.893. The third-order valence-electron chi connectivity index (χ3n) is 15.0. The lowest BCUT2D eigenvalue weighted by Crippen LogP contribution is -2.30. The van der Waals surface area contributed by atoms with Gasteiger partial charge in [0.15, 0.2) is 6.10 Å². The molecule has 0 saturated carbocycles. The van der Waals surface area contributed by atoms with Gasteiger partial charge in [-0.2, -0.15) is 0 Å². The molecule has 1 unspecified atom stereocenters. The zero-order chi connectivity index (χ0) is 58.5. The van der Waals surface area contributed by atoms with Gasteiger partial charge in [-0.25, -0.2) is 0 Å². The van der Waals surface area contributed by atoms with Crippen LogP contribution in [0.5, 0.6) is 0 Å². The maximum absolute atomic E-state index is 12.9. The third kappa shape index (κ3) is 67.0. The second kappa shape index (κ2) is 68.8. The lowest BCUT2D eigenvalue weighted by molar-refractivity contribution is -0.167. The average Bonchev–Trinajstić information content (AvgIpc) is 3.46. The minimum absolute atomic E-state index is 0.0834. The van der Waals surface area contributed by atoms with Crippen LogP contribution in [-0.4, -0.2) is 37.2 Å². The number of esters is 3. The molecule has 466 valence electrons. The highest BCUT2D eigenvalue weighted by atomic mass is 16.6. The standard InChI is InChI=1S/C75H130O6/c1-4-7-10-13-16-19-22-25-27-29-31-33-34-35-36-37-38-39-40-42-43-45-47-50-53-56-59-62-65-68-74(77)80-71-72(70-79-73(76)67-64-61-58-55-52-49-24-21-18-15-12-9-6-3)81-75(78)69-66-63-60-57-54-51-48-46-44-41-32-30-28-26-23-20-17-14-11-8-5-2/h8,11-12,15,17,20-22,24-26,28-29,31-32,41,72H,4-7,9-10,13-14,16,18-19,23,27,30,33-40,42-71H2,1-3H3/b11-8-,15-12-,20-17-,24-21-,25-22-,28-26-,31-29-,41-32-. The molecule has 81 heavy (non-hydrogen) atoms. The van der Waals surface area contributed by atoms with Crippen molar-refractivity contribution in [2.75, 3.05) is 13.2 Å². The Balaban J connectivity index is 4.25. The molecule has 6 nitrogen and oxygen atoms in total. The van der Waals surface area contributed by atoms with Crippen LogP contribution < -0.4 is 0 Å². The van der Waals surface area contributed by atoms with E-state index in [4.69, 9.17) is 14.2 Å². The quantitative estimate of drug-likeness (QED) is 0.0261. The van der Waals surface area contributed by atoms with Crippen LogP contribution in [0.1, 0.15) is 342 Å². The summed E-state index contributed by atoms with van der Waals surface area (Å²) in [7, 11) is 0. The van der Waals surface area contributed by atoms with Gasteiger partial charge in [-0.05, 0) is 116 Å². The first-order valence-corrected chi connectivity index (χ1v) is 34.7. The molecule has 0 heterocycles. The lowest BCUT2D eigenvalue weighted by Gasteiger charge is -2.18. The van der Waals surface area contributed by atoms with Crippen LogP contribution in [0.2, 0.25) is 0 Å². The molecule has 0 aliphatic heterocycles. The SMILES string of the molecule is CC/C=C\C/C=C\C/C=C\C/C=C\CCCCCCCCCCC(=O)OC(COC(=O)CCCCCCC/C=C\C/C=C\CCC)COC(=O)CCCCCCCCCCCCCCCCCCC/C=C\C/C=C\CCCCCCC. The Labute approximate surface area is 502 Å². The predicted molar refractivity (Wildman–Crippen MR) is 353 cm³/mol. The second-order valence-corrected chi connectivity index (χ2v) is 23.1. The van der Waals surface area contributed by atoms with Crippen LogP contribution in [0.15, 0.2) is 97.2 Å². The molecule has 1 atom stereocenters. The maximum Gasteiger partial charge on any atom is 0.306 e. The molecule has 0 aliphatic rings. The van der Waals surface area contributed by atoms with Crippen molar-refractivity contribution in [2.24, 2.45) is 0 Å². The number of ether oxygens (including phenoxy) is 3. The van der Waals surface area contributed by atoms with Crippen molar-refractivity contribution in [1.29, 1.82) is 0 Å². The first kappa shape index (κ1) is 77.3. The molecule has 0 spiro atoms. The van der Waals surface area contributed by atoms with E-state index in [9.17, 15) is 14.4 Å². The topological polar surface area (TPSA) is 78.9 Å². The minimum Gasteiger partial charge on any atom is -0.462 e. The van der Waals surface area contributed by atoms with Crippen molar-refractivity contribution in [3.8, 4) is 0 Å². The van der Waals surface area contributed by atoms with Gasteiger partial charge in [-0.1, -0.05) is 304 Å². The number of rotatable bonds is 63. The molecule has 0 N–H and O–H groups in total. The molecule has 0 aliphatic carbocycles. The first-order chi connectivity index (χ1) is 40.0. The van der Waals surface area contributed by atoms with Crippen LogP contribution in [0.25, 0.3) is 0 Å². The highest BCUT2D eigenvalue weighted by Crippen LogP contribution is 2.17. The van der Waals surface area contributed by atoms with Crippen LogP contribution in [0.3, 0.4) is 0 Å². The Morgan fingerprint density at radius 1 is 0.259 bits per heavy atom. The molecule has 0 radical (unpaired) electrons. The molecule has 0 bridgehead atoms. The average molecular weight is 1130 g/mol. The highest BCUT2D eigenvalue weighted by Gasteiger charge is 2.19. The van der Waals surface area contributed by atoms with Gasteiger partial charge in [-0.15, -0.1) is 0 Å². The molecular formula is C75H130O6. The molecule has 0 aromatic rings. The van der Waals surface area contributed by atoms with E-state index in [1.807, 2.05) is 0 Å². The number of hydrogen-bond acceptors (Lipinski definition) is 6. The molecule has 6 heteroatoms. The van der Waals surface area contributed by atoms with Crippen molar-refractivity contribution in [2.45, 2.75) is 348 Å². The van der Waals surface area contributed by atoms with Crippen molar-refractivity contribution >= 4 is 17.9 Å². The largest absolute Gasteiger partial charge is 0.462 e. The van der Waals surface area contributed by atoms with Gasteiger partial charge in [0.1, 0.15) is 13.2 Å². The zero-order valence-electron chi connectivity index (χ0n) is 53.5. The molecule has 0 aromatic heterocycles. The summed E-state index contributed by atoms with van der Waals surface area (Å²) in [6.45, 7) is 6.47. The van der Waals surface area contributed by atoms with Crippen LogP contribution >= 0.6 is 0 Å². The number of carbonyl (C=O) groups excluding carboxylic acids is 3. The number of allylic oxidation sites excluding steroid dienone is 16. The van der Waals surface area contributed by atoms with Crippen LogP contribution in [0.4, 0.5) is 0 Å². The van der Waals surface area contributed by atoms with E-state index in [0.29, 0.717) is 19.3 Å². The van der Waals surface area contributed by atoms with Gasteiger partial charge in [-0.3, -0.25) is 14.4 Å². The van der Waals surface area contributed by atoms with Crippen LogP contribution in [0, 0.1) is 0 Å². The maximum atomic E-state index is 12.9. The van der Waals surface area contributed by atoms with E-state index < -0.39 is 6.10 Å². The van der Waals surface area contributed by atoms with Crippen molar-refractivity contribution in [1.82, 2.24) is 0 Å². The van der Waals surface area contributed by atoms with Gasteiger partial charge in [0.05, 0.1) is 0 Å². The molecule has 0 amide bonds. The van der Waals surface area contributed by atoms with Gasteiger partial charge >= 0.3 is 17.9 Å². The third-order valence-corrected chi connectivity index (χ3v) is 15.0. The number of unbranched alkanes of at least 4 members (excludes halogenated alkanes) is 36. The monoisotopic (exact) mass is 1130 g/mol. The fraction of sp³-hybridized carbons (Fsp3) is 0.747. The fourth-order valence-corrected chi connectivity index (χ4v) is 9.86. The molecular weight excluding hydrogens is 997 g/mol. The van der Waals surface area contributed by atoms with Crippen LogP contribution in [-0.2, 0) is 28.6 Å². The second-order valence-electron chi connectivity index (χ2n) is 23.1. The Morgan fingerprint density at radius 3 is 0.802 bits per heavy atom. The highest BCUT2D eigenvalue weighted by molar-refractivity contribution is 5.71. The zero-order valence-corrected chi connectivity index (χ0v) is 53.5. The predicted octanol–water partition coefficient (Wildman–Crippen LogP) is 24.0. The van der Waals surface area contributed by atoms with Gasteiger partial charge in [0, 0.05) is 19.3 Å². The summed E-state index contributed by atoms with van der Waals surface area (Å²) in [5, 5.41) is 0. The first-order valence-electron chi connectivity index (χ1n) is 34.7. The summed E-state index contributed by atoms with van der Waals surface area (Å²) >= 11 is 0. The van der Waals surface area contributed by atoms with E-state index >= 15 is 0 Å². The van der Waals surface area contributed by atoms with Crippen molar-refractivity contribution in [3.63, 3.8) is 0 Å². The summed E-state index contributed by atoms with van der Waals surface area (Å²) < 4.78 is 17.0. The number of carbonyl (C=O) groups is 3. The van der Waals surface area contributed by atoms with Gasteiger partial charge in [0.2, 0.25) is 0 Å². The summed E-state index contributed by atoms with van der Waals surface area (Å²) in [5.41, 5.74) is 0. The molecule has 0 fully saturated rings. The number of hydrogen-bond donors (Lipinski definition) is 0. The van der Waals surface area contributed by atoms with Crippen molar-refractivity contribution in [3.05, 3.63) is 97.2 Å². The Hall–Kier alpha value is -3.67. The Bertz CT molecular complexity index is 1580. The molecule has 0 saturated heterocycles. The van der Waals surface area contributed by atoms with E-state index in [1.165, 1.54) is 173 Å². The molecule has 0 rings (SSSR count). The van der Waals surface area contributed by atoms with Gasteiger partial charge < -0.3 is 14.2 Å².